The van der Waals surface area contributed by atoms with Crippen LogP contribution in [-0.4, -0.2) is 32.7 Å². The van der Waals surface area contributed by atoms with E-state index in [2.05, 4.69) is 72.6 Å². The van der Waals surface area contributed by atoms with Gasteiger partial charge >= 0.3 is 0 Å². The molecule has 0 saturated carbocycles. The summed E-state index contributed by atoms with van der Waals surface area (Å²) in [6, 6.07) is 6.92. The molecule has 4 heterocycles. The van der Waals surface area contributed by atoms with Crippen molar-refractivity contribution in [1.29, 1.82) is 0 Å². The van der Waals surface area contributed by atoms with Crippen LogP contribution in [0.4, 0.5) is 0 Å². The second kappa shape index (κ2) is 5.92. The van der Waals surface area contributed by atoms with E-state index in [-0.39, 0.29) is 0 Å². The summed E-state index contributed by atoms with van der Waals surface area (Å²) >= 11 is 0. The van der Waals surface area contributed by atoms with Crippen molar-refractivity contribution in [3.05, 3.63) is 53.0 Å². The molecule has 0 radical (unpaired) electrons. The van der Waals surface area contributed by atoms with Crippen molar-refractivity contribution in [3.63, 3.8) is 0 Å². The van der Waals surface area contributed by atoms with Gasteiger partial charge in [-0.2, -0.15) is 0 Å². The predicted molar refractivity (Wildman–Crippen MR) is 109 cm³/mol. The second-order valence-corrected chi connectivity index (χ2v) is 8.08. The van der Waals surface area contributed by atoms with E-state index in [1.807, 2.05) is 4.40 Å². The van der Waals surface area contributed by atoms with Gasteiger partial charge in [0, 0.05) is 41.7 Å². The van der Waals surface area contributed by atoms with Crippen LogP contribution in [0.25, 0.3) is 27.8 Å². The van der Waals surface area contributed by atoms with Gasteiger partial charge in [-0.1, -0.05) is 19.9 Å². The summed E-state index contributed by atoms with van der Waals surface area (Å²) < 4.78 is 2.03. The molecule has 2 N–H and O–H groups in total. The number of nitrogens with one attached hydrogen (secondary N) is 2. The Bertz CT molecular complexity index is 1160. The quantitative estimate of drug-likeness (QED) is 0.573. The van der Waals surface area contributed by atoms with Gasteiger partial charge in [0.1, 0.15) is 6.33 Å². The molecule has 1 aliphatic heterocycles. The molecule has 27 heavy (non-hydrogen) atoms. The lowest BCUT2D eigenvalue weighted by atomic mass is 9.90. The van der Waals surface area contributed by atoms with Crippen LogP contribution in [0.3, 0.4) is 0 Å². The van der Waals surface area contributed by atoms with Crippen molar-refractivity contribution >= 4 is 16.6 Å². The van der Waals surface area contributed by atoms with E-state index in [1.165, 1.54) is 44.4 Å². The zero-order chi connectivity index (χ0) is 18.7. The van der Waals surface area contributed by atoms with Crippen molar-refractivity contribution in [3.8, 4) is 11.3 Å². The molecule has 0 atom stereocenters. The number of fused-ring (bicyclic) bond motifs is 2. The normalized spacial score (nSPS) is 15.1. The Morgan fingerprint density at radius 3 is 2.67 bits per heavy atom. The standard InChI is InChI=1S/C22H25N5/c1-12(2)20-17-7-15(16-8-23-9-16)5-6-19(17)25-21(20)18-10-27-11-24-26-22(27)14(4)13(18)3/h5-7,10-12,16,23,25H,8-9H2,1-4H3. The third-order valence-corrected chi connectivity index (χ3v) is 6.11. The molecule has 0 unspecified atom stereocenters. The van der Waals surface area contributed by atoms with E-state index < -0.39 is 0 Å². The molecule has 0 amide bonds. The maximum Gasteiger partial charge on any atom is 0.163 e. The van der Waals surface area contributed by atoms with E-state index in [0.717, 1.165) is 18.7 Å². The fourth-order valence-corrected chi connectivity index (χ4v) is 4.28. The van der Waals surface area contributed by atoms with Gasteiger partial charge in [-0.05, 0) is 54.2 Å². The predicted octanol–water partition coefficient (Wildman–Crippen LogP) is 4.30. The number of aryl methyl sites for hydroxylation is 1. The Morgan fingerprint density at radius 1 is 1.15 bits per heavy atom. The minimum atomic E-state index is 0.430. The number of hydrogen-bond acceptors (Lipinski definition) is 3. The summed E-state index contributed by atoms with van der Waals surface area (Å²) in [7, 11) is 0. The number of benzene rings is 1. The van der Waals surface area contributed by atoms with Crippen LogP contribution < -0.4 is 5.32 Å². The third kappa shape index (κ3) is 2.42. The SMILES string of the molecule is Cc1c(-c2[nH]c3ccc(C4CNC4)cc3c2C(C)C)cn2cnnc2c1C. The summed E-state index contributed by atoms with van der Waals surface area (Å²) in [6.45, 7) is 11.0. The highest BCUT2D eigenvalue weighted by molar-refractivity contribution is 5.92. The summed E-state index contributed by atoms with van der Waals surface area (Å²) in [6.07, 6.45) is 3.94. The first-order valence-electron chi connectivity index (χ1n) is 9.70. The number of hydrogen-bond donors (Lipinski definition) is 2. The molecule has 0 aliphatic carbocycles. The Morgan fingerprint density at radius 2 is 1.96 bits per heavy atom. The number of aromatic nitrogens is 4. The summed E-state index contributed by atoms with van der Waals surface area (Å²) in [5.41, 5.74) is 9.87. The number of pyridine rings is 1. The van der Waals surface area contributed by atoms with Crippen LogP contribution >= 0.6 is 0 Å². The van der Waals surface area contributed by atoms with Gasteiger partial charge in [0.25, 0.3) is 0 Å². The molecule has 1 aromatic carbocycles. The van der Waals surface area contributed by atoms with Crippen LogP contribution in [0.1, 0.15) is 47.9 Å². The molecule has 0 bridgehead atoms. The Labute approximate surface area is 158 Å². The number of nitrogens with zero attached hydrogens (tertiary/aromatic N) is 3. The minimum absolute atomic E-state index is 0.430. The maximum atomic E-state index is 4.26. The first-order valence-corrected chi connectivity index (χ1v) is 9.70. The van der Waals surface area contributed by atoms with Gasteiger partial charge in [0.2, 0.25) is 0 Å². The van der Waals surface area contributed by atoms with Crippen LogP contribution in [0.5, 0.6) is 0 Å². The smallest absolute Gasteiger partial charge is 0.163 e. The van der Waals surface area contributed by atoms with E-state index in [9.17, 15) is 0 Å². The lowest BCUT2D eigenvalue weighted by Gasteiger charge is -2.27. The van der Waals surface area contributed by atoms with Gasteiger partial charge in [-0.25, -0.2) is 0 Å². The molecule has 1 fully saturated rings. The Balaban J connectivity index is 1.77. The monoisotopic (exact) mass is 359 g/mol. The minimum Gasteiger partial charge on any atom is -0.354 e. The molecule has 5 rings (SSSR count). The molecule has 1 saturated heterocycles. The third-order valence-electron chi connectivity index (χ3n) is 6.11. The van der Waals surface area contributed by atoms with Crippen molar-refractivity contribution in [2.45, 2.75) is 39.5 Å². The molecule has 3 aromatic heterocycles. The fourth-order valence-electron chi connectivity index (χ4n) is 4.28. The molecule has 5 nitrogen and oxygen atoms in total. The molecular weight excluding hydrogens is 334 g/mol. The van der Waals surface area contributed by atoms with Gasteiger partial charge in [0.15, 0.2) is 5.65 Å². The zero-order valence-corrected chi connectivity index (χ0v) is 16.3. The summed E-state index contributed by atoms with van der Waals surface area (Å²) in [5, 5.41) is 13.1. The largest absolute Gasteiger partial charge is 0.354 e. The topological polar surface area (TPSA) is 58.0 Å². The van der Waals surface area contributed by atoms with Gasteiger partial charge in [0.05, 0.1) is 5.69 Å². The average molecular weight is 359 g/mol. The van der Waals surface area contributed by atoms with E-state index >= 15 is 0 Å². The number of H-pyrrole nitrogens is 1. The highest BCUT2D eigenvalue weighted by Crippen LogP contribution is 2.39. The van der Waals surface area contributed by atoms with Crippen LogP contribution in [-0.2, 0) is 0 Å². The summed E-state index contributed by atoms with van der Waals surface area (Å²) in [5.74, 6) is 1.07. The molecule has 5 heteroatoms. The first-order chi connectivity index (χ1) is 13.0. The van der Waals surface area contributed by atoms with E-state index in [1.54, 1.807) is 6.33 Å². The second-order valence-electron chi connectivity index (χ2n) is 8.08. The highest BCUT2D eigenvalue weighted by Gasteiger charge is 2.23. The number of rotatable bonds is 3. The van der Waals surface area contributed by atoms with E-state index in [0.29, 0.717) is 11.8 Å². The Kier molecular flexibility index (Phi) is 3.62. The molecule has 138 valence electrons. The average Bonchev–Trinajstić information content (AvgIpc) is 3.20. The molecule has 1 aliphatic rings. The molecule has 4 aromatic rings. The van der Waals surface area contributed by atoms with Crippen LogP contribution in [0.2, 0.25) is 0 Å². The van der Waals surface area contributed by atoms with Gasteiger partial charge in [-0.15, -0.1) is 10.2 Å². The van der Waals surface area contributed by atoms with Crippen LogP contribution in [0, 0.1) is 13.8 Å². The van der Waals surface area contributed by atoms with Gasteiger partial charge < -0.3 is 10.3 Å². The van der Waals surface area contributed by atoms with Crippen LogP contribution in [0.15, 0.2) is 30.7 Å². The molecular formula is C22H25N5. The Hall–Kier alpha value is -2.66. The first kappa shape index (κ1) is 16.5. The van der Waals surface area contributed by atoms with Crippen molar-refractivity contribution in [2.75, 3.05) is 13.1 Å². The van der Waals surface area contributed by atoms with Gasteiger partial charge in [-0.3, -0.25) is 4.40 Å². The van der Waals surface area contributed by atoms with Crippen molar-refractivity contribution in [2.24, 2.45) is 0 Å². The highest BCUT2D eigenvalue weighted by atomic mass is 15.2. The fraction of sp³-hybridized carbons (Fsp3) is 0.364. The lowest BCUT2D eigenvalue weighted by Crippen LogP contribution is -2.39. The van der Waals surface area contributed by atoms with Crippen molar-refractivity contribution in [1.82, 2.24) is 24.9 Å². The maximum absolute atomic E-state index is 4.26. The number of aromatic amines is 1. The van der Waals surface area contributed by atoms with E-state index in [4.69, 9.17) is 0 Å². The lowest BCUT2D eigenvalue weighted by molar-refractivity contribution is 0.449. The molecule has 0 spiro atoms. The van der Waals surface area contributed by atoms with Crippen molar-refractivity contribution < 1.29 is 0 Å². The zero-order valence-electron chi connectivity index (χ0n) is 16.3. The summed E-state index contributed by atoms with van der Waals surface area (Å²) in [4.78, 5) is 3.72.